The fourth-order valence-corrected chi connectivity index (χ4v) is 7.49. The Morgan fingerprint density at radius 2 is 0.686 bits per heavy atom. The van der Waals surface area contributed by atoms with Crippen LogP contribution in [0.25, 0.3) is 0 Å². The summed E-state index contributed by atoms with van der Waals surface area (Å²) < 4.78 is 17.3. The van der Waals surface area contributed by atoms with Crippen LogP contribution in [0.15, 0.2) is 134 Å². The number of carbonyl (C=O) groups excluding carboxylic acids is 2. The first kappa shape index (κ1) is 66.0. The van der Waals surface area contributed by atoms with E-state index in [0.717, 1.165) is 103 Å². The summed E-state index contributed by atoms with van der Waals surface area (Å²) >= 11 is 0. The molecule has 0 aromatic rings. The maximum absolute atomic E-state index is 12.8. The lowest BCUT2D eigenvalue weighted by Crippen LogP contribution is -2.29. The van der Waals surface area contributed by atoms with Gasteiger partial charge in [-0.05, 0) is 116 Å². The molecule has 396 valence electrons. The minimum atomic E-state index is -0.615. The monoisotopic (exact) mass is 967 g/mol. The van der Waals surface area contributed by atoms with Crippen molar-refractivity contribution < 1.29 is 23.8 Å². The summed E-state index contributed by atoms with van der Waals surface area (Å²) in [6.45, 7) is 7.45. The van der Waals surface area contributed by atoms with Gasteiger partial charge < -0.3 is 14.2 Å². The first-order valence-electron chi connectivity index (χ1n) is 28.7. The van der Waals surface area contributed by atoms with Crippen molar-refractivity contribution in [2.24, 2.45) is 0 Å². The lowest BCUT2D eigenvalue weighted by Gasteiger charge is -2.18. The van der Waals surface area contributed by atoms with Crippen LogP contribution in [0.5, 0.6) is 0 Å². The molecule has 0 aromatic heterocycles. The Balaban J connectivity index is 4.44. The molecular weight excluding hydrogens is 861 g/mol. The van der Waals surface area contributed by atoms with Gasteiger partial charge in [-0.25, -0.2) is 0 Å². The maximum atomic E-state index is 12.8. The number of carbonyl (C=O) groups is 2. The van der Waals surface area contributed by atoms with Crippen molar-refractivity contribution in [1.29, 1.82) is 0 Å². The molecule has 5 heteroatoms. The van der Waals surface area contributed by atoms with E-state index in [1.165, 1.54) is 103 Å². The minimum absolute atomic E-state index is 0.0201. The second kappa shape index (κ2) is 59.3. The van der Waals surface area contributed by atoms with Gasteiger partial charge in [0.25, 0.3) is 0 Å². The Bertz CT molecular complexity index is 1470. The normalized spacial score (nSPS) is 13.2. The van der Waals surface area contributed by atoms with E-state index in [9.17, 15) is 9.59 Å². The van der Waals surface area contributed by atoms with Crippen LogP contribution in [0.1, 0.15) is 239 Å². The van der Waals surface area contributed by atoms with Gasteiger partial charge in [-0.3, -0.25) is 9.59 Å². The Kier molecular flexibility index (Phi) is 56.0. The predicted octanol–water partition coefficient (Wildman–Crippen LogP) is 19.9. The number of rotatable bonds is 51. The molecule has 0 spiro atoms. The van der Waals surface area contributed by atoms with Crippen molar-refractivity contribution in [3.8, 4) is 0 Å². The fraction of sp³-hybridized carbons (Fsp3) is 0.631. The zero-order chi connectivity index (χ0) is 50.6. The zero-order valence-electron chi connectivity index (χ0n) is 45.5. The standard InChI is InChI=1S/C65H106O5/c1-4-7-10-13-16-19-22-25-28-30-32-34-36-39-42-45-48-51-54-57-60-68-61-63(70-65(67)59-56-53-50-47-44-41-37-27-24-21-18-15-12-9-6-3)62-69-64(66)58-55-52-49-46-43-40-38-35-33-31-29-26-23-20-17-14-11-8-5-2/h8-9,11-12,17-18,20-21,25-29,33,35,37,40,43-44,47,53,56,63H,4-7,10,13-16,19,22-24,30-32,34,36,38-39,41-42,45-46,48-52,54-55,57-62H2,1-3H3/b11-8-,12-9-,20-17-,21-18-,28-25-,29-26-,35-33-,37-27-,43-40-,47-44-,56-53-. The predicted molar refractivity (Wildman–Crippen MR) is 306 cm³/mol. The molecular formula is C65H106O5. The van der Waals surface area contributed by atoms with Crippen molar-refractivity contribution in [3.63, 3.8) is 0 Å². The van der Waals surface area contributed by atoms with Gasteiger partial charge in [0.05, 0.1) is 13.0 Å². The molecule has 0 rings (SSSR count). The van der Waals surface area contributed by atoms with Crippen molar-refractivity contribution in [2.75, 3.05) is 19.8 Å². The molecule has 0 saturated heterocycles. The topological polar surface area (TPSA) is 61.8 Å². The quantitative estimate of drug-likeness (QED) is 0.0345. The van der Waals surface area contributed by atoms with Crippen molar-refractivity contribution >= 4 is 11.9 Å². The van der Waals surface area contributed by atoms with E-state index in [1.807, 2.05) is 12.2 Å². The highest BCUT2D eigenvalue weighted by atomic mass is 16.6. The summed E-state index contributed by atoms with van der Waals surface area (Å²) in [5, 5.41) is 0. The first-order valence-corrected chi connectivity index (χ1v) is 28.7. The van der Waals surface area contributed by atoms with E-state index < -0.39 is 6.10 Å². The number of esters is 2. The van der Waals surface area contributed by atoms with Gasteiger partial charge in [0.15, 0.2) is 6.10 Å². The van der Waals surface area contributed by atoms with Gasteiger partial charge >= 0.3 is 11.9 Å². The third-order valence-corrected chi connectivity index (χ3v) is 11.7. The number of allylic oxidation sites excluding steroid dienone is 21. The summed E-state index contributed by atoms with van der Waals surface area (Å²) in [6, 6.07) is 0. The van der Waals surface area contributed by atoms with Gasteiger partial charge in [-0.2, -0.15) is 0 Å². The molecule has 1 atom stereocenters. The molecule has 0 N–H and O–H groups in total. The lowest BCUT2D eigenvalue weighted by atomic mass is 10.1. The molecule has 0 aliphatic rings. The van der Waals surface area contributed by atoms with Crippen LogP contribution in [0.2, 0.25) is 0 Å². The van der Waals surface area contributed by atoms with Crippen LogP contribution in [-0.4, -0.2) is 37.9 Å². The Morgan fingerprint density at radius 1 is 0.343 bits per heavy atom. The lowest BCUT2D eigenvalue weighted by molar-refractivity contribution is -0.162. The van der Waals surface area contributed by atoms with E-state index in [4.69, 9.17) is 14.2 Å². The van der Waals surface area contributed by atoms with Crippen LogP contribution in [-0.2, 0) is 23.8 Å². The summed E-state index contributed by atoms with van der Waals surface area (Å²) in [7, 11) is 0. The molecule has 0 amide bonds. The molecule has 0 radical (unpaired) electrons. The second-order valence-electron chi connectivity index (χ2n) is 18.4. The van der Waals surface area contributed by atoms with Crippen LogP contribution < -0.4 is 0 Å². The number of hydrogen-bond donors (Lipinski definition) is 0. The van der Waals surface area contributed by atoms with Crippen LogP contribution in [0.4, 0.5) is 0 Å². The number of ether oxygens (including phenoxy) is 3. The van der Waals surface area contributed by atoms with E-state index in [0.29, 0.717) is 13.0 Å². The van der Waals surface area contributed by atoms with Crippen LogP contribution >= 0.6 is 0 Å². The smallest absolute Gasteiger partial charge is 0.310 e. The molecule has 0 fully saturated rings. The Hall–Kier alpha value is -3.96. The first-order chi connectivity index (χ1) is 34.6. The minimum Gasteiger partial charge on any atom is -0.462 e. The van der Waals surface area contributed by atoms with Crippen LogP contribution in [0.3, 0.4) is 0 Å². The summed E-state index contributed by atoms with van der Waals surface area (Å²) in [4.78, 5) is 25.4. The van der Waals surface area contributed by atoms with Crippen LogP contribution in [0, 0.1) is 0 Å². The molecule has 70 heavy (non-hydrogen) atoms. The highest BCUT2D eigenvalue weighted by Gasteiger charge is 2.17. The fourth-order valence-electron chi connectivity index (χ4n) is 7.49. The summed E-state index contributed by atoms with van der Waals surface area (Å²) in [5.41, 5.74) is 0. The third kappa shape index (κ3) is 56.6. The van der Waals surface area contributed by atoms with Gasteiger partial charge in [0.1, 0.15) is 6.61 Å². The molecule has 0 bridgehead atoms. The third-order valence-electron chi connectivity index (χ3n) is 11.7. The van der Waals surface area contributed by atoms with E-state index in [2.05, 4.69) is 142 Å². The van der Waals surface area contributed by atoms with E-state index in [1.54, 1.807) is 0 Å². The van der Waals surface area contributed by atoms with Crippen molar-refractivity contribution in [2.45, 2.75) is 245 Å². The number of hydrogen-bond acceptors (Lipinski definition) is 5. The Labute approximate surface area is 432 Å². The summed E-state index contributed by atoms with van der Waals surface area (Å²) in [5.74, 6) is -0.586. The second-order valence-corrected chi connectivity index (χ2v) is 18.4. The SMILES string of the molecule is CC/C=C\C/C=C\C/C=C\C/C=C\C/C=C\CCCCCC(=O)OCC(COCCCCCCCCCCCC/C=C\CCCCCCCC)OC(=O)C/C=C\C/C=C\C/C=C\C/C=C\C/C=C\CC. The molecule has 5 nitrogen and oxygen atoms in total. The zero-order valence-corrected chi connectivity index (χ0v) is 45.5. The van der Waals surface area contributed by atoms with Gasteiger partial charge in [0, 0.05) is 13.0 Å². The van der Waals surface area contributed by atoms with E-state index >= 15 is 0 Å². The molecule has 0 heterocycles. The molecule has 0 aliphatic carbocycles. The van der Waals surface area contributed by atoms with E-state index in [-0.39, 0.29) is 31.6 Å². The van der Waals surface area contributed by atoms with Gasteiger partial charge in [-0.1, -0.05) is 244 Å². The molecule has 0 aliphatic heterocycles. The van der Waals surface area contributed by atoms with Crippen molar-refractivity contribution in [3.05, 3.63) is 134 Å². The highest BCUT2D eigenvalue weighted by molar-refractivity contribution is 5.71. The average Bonchev–Trinajstić information content (AvgIpc) is 3.36. The van der Waals surface area contributed by atoms with Crippen molar-refractivity contribution in [1.82, 2.24) is 0 Å². The number of unbranched alkanes of at least 4 members (excludes halogenated alkanes) is 19. The Morgan fingerprint density at radius 3 is 1.11 bits per heavy atom. The van der Waals surface area contributed by atoms with Gasteiger partial charge in [-0.15, -0.1) is 0 Å². The van der Waals surface area contributed by atoms with Gasteiger partial charge in [0.2, 0.25) is 0 Å². The molecule has 0 aromatic carbocycles. The maximum Gasteiger partial charge on any atom is 0.310 e. The molecule has 0 saturated carbocycles. The largest absolute Gasteiger partial charge is 0.462 e. The highest BCUT2D eigenvalue weighted by Crippen LogP contribution is 2.13. The average molecular weight is 968 g/mol. The summed E-state index contributed by atoms with van der Waals surface area (Å²) in [6.07, 6.45) is 85.0. The molecule has 1 unspecified atom stereocenters.